The van der Waals surface area contributed by atoms with Gasteiger partial charge >= 0.3 is 24.1 Å². The Morgan fingerprint density at radius 3 is 2.18 bits per heavy atom. The number of aliphatic imine (C=N–C) groups is 1. The molecule has 3 aliphatic heterocycles. The molecule has 15 heteroatoms. The topological polar surface area (TPSA) is 132 Å². The number of carbonyl (C=O) groups is 3. The van der Waals surface area contributed by atoms with Gasteiger partial charge in [-0.2, -0.15) is 13.2 Å². The Kier molecular flexibility index (Phi) is 9.21. The number of alkyl halides is 3. The molecule has 1 fully saturated rings. The maximum Gasteiger partial charge on any atom is 0.416 e. The number of fused-ring (bicyclic) bond motifs is 1. The van der Waals surface area contributed by atoms with Gasteiger partial charge in [-0.25, -0.2) is 32.1 Å². The molecule has 1 unspecified atom stereocenters. The fourth-order valence-corrected chi connectivity index (χ4v) is 9.15. The number of ether oxygens (including phenoxy) is 3. The van der Waals surface area contributed by atoms with Crippen LogP contribution >= 0.6 is 0 Å². The smallest absolute Gasteiger partial charge is 0.416 e. The van der Waals surface area contributed by atoms with E-state index in [1.54, 1.807) is 62.1 Å². The van der Waals surface area contributed by atoms with Gasteiger partial charge in [0.05, 0.1) is 47.8 Å². The van der Waals surface area contributed by atoms with Gasteiger partial charge in [-0.1, -0.05) is 48.5 Å². The highest BCUT2D eigenvalue weighted by atomic mass is 32.2. The summed E-state index contributed by atoms with van der Waals surface area (Å²) in [5, 5.41) is 0. The minimum atomic E-state index is -4.61. The molecule has 1 spiro atoms. The number of benzene rings is 3. The van der Waals surface area contributed by atoms with Crippen LogP contribution in [0.4, 0.5) is 18.9 Å². The van der Waals surface area contributed by atoms with Gasteiger partial charge < -0.3 is 19.1 Å². The zero-order chi connectivity index (χ0) is 36.9. The van der Waals surface area contributed by atoms with Crippen LogP contribution in [-0.4, -0.2) is 68.9 Å². The Balaban J connectivity index is 1.67. The molecule has 0 bridgehead atoms. The second kappa shape index (κ2) is 13.2. The lowest BCUT2D eigenvalue weighted by atomic mass is 9.69. The Bertz CT molecular complexity index is 2080. The molecule has 6 rings (SSSR count). The largest absolute Gasteiger partial charge is 0.467 e. The summed E-state index contributed by atoms with van der Waals surface area (Å²) in [7, 11) is -3.49. The van der Waals surface area contributed by atoms with Gasteiger partial charge in [0.2, 0.25) is 0 Å². The summed E-state index contributed by atoms with van der Waals surface area (Å²) in [5.74, 6) is -3.11. The van der Waals surface area contributed by atoms with Gasteiger partial charge in [-0.3, -0.25) is 0 Å². The molecule has 0 saturated carbocycles. The average Bonchev–Trinajstić information content (AvgIpc) is 3.59. The average molecular weight is 726 g/mol. The van der Waals surface area contributed by atoms with Crippen LogP contribution in [0, 0.1) is 6.92 Å². The second-order valence-corrected chi connectivity index (χ2v) is 13.9. The van der Waals surface area contributed by atoms with Crippen molar-refractivity contribution in [2.75, 3.05) is 25.2 Å². The zero-order valence-electron chi connectivity index (χ0n) is 28.1. The van der Waals surface area contributed by atoms with Crippen molar-refractivity contribution >= 4 is 39.5 Å². The van der Waals surface area contributed by atoms with E-state index in [-0.39, 0.29) is 42.5 Å². The van der Waals surface area contributed by atoms with Crippen molar-refractivity contribution in [3.05, 3.63) is 106 Å². The van der Waals surface area contributed by atoms with Gasteiger partial charge in [0.25, 0.3) is 10.0 Å². The van der Waals surface area contributed by atoms with Crippen molar-refractivity contribution in [1.82, 2.24) is 4.31 Å². The first-order valence-corrected chi connectivity index (χ1v) is 17.5. The monoisotopic (exact) mass is 725 g/mol. The molecule has 1 saturated heterocycles. The van der Waals surface area contributed by atoms with E-state index in [1.807, 2.05) is 0 Å². The summed E-state index contributed by atoms with van der Waals surface area (Å²) in [6, 6.07) is 14.7. The van der Waals surface area contributed by atoms with Crippen LogP contribution in [0.15, 0.2) is 94.0 Å². The predicted octanol–water partition coefficient (Wildman–Crippen LogP) is 5.07. The van der Waals surface area contributed by atoms with E-state index in [0.717, 1.165) is 23.5 Å². The fourth-order valence-electron chi connectivity index (χ4n) is 7.28. The van der Waals surface area contributed by atoms with E-state index in [4.69, 9.17) is 14.2 Å². The first-order valence-electron chi connectivity index (χ1n) is 16.1. The van der Waals surface area contributed by atoms with Crippen LogP contribution in [-0.2, 0) is 56.8 Å². The number of anilines is 1. The van der Waals surface area contributed by atoms with Crippen molar-refractivity contribution in [1.29, 1.82) is 0 Å². The standard InChI is InChI=1S/C36H34F3N3O8S/c1-5-49-32(44)28-29(33(45)50-6-2)40-34-35(19-26(31(43)48-4)42(34)51(46,47)27-14-10-7-11-21(27)3)24-12-8-9-13-25(24)41(30(28)35)20-22-15-17-23(18-16-22)36(37,38)39/h7-18,26,30H,5-6,19-20H2,1-4H3/t26-,30?,35-/m0/s1. The van der Waals surface area contributed by atoms with Gasteiger partial charge in [-0.15, -0.1) is 0 Å². The fraction of sp³-hybridized carbons (Fsp3) is 0.333. The zero-order valence-corrected chi connectivity index (χ0v) is 28.9. The van der Waals surface area contributed by atoms with E-state index >= 15 is 0 Å². The van der Waals surface area contributed by atoms with Crippen molar-refractivity contribution < 1.29 is 50.2 Å². The third-order valence-electron chi connectivity index (χ3n) is 9.33. The Labute approximate surface area is 292 Å². The quantitative estimate of drug-likeness (QED) is 0.219. The highest BCUT2D eigenvalue weighted by Crippen LogP contribution is 2.59. The summed E-state index contributed by atoms with van der Waals surface area (Å²) < 4.78 is 86.8. The predicted molar refractivity (Wildman–Crippen MR) is 178 cm³/mol. The number of hydrogen-bond donors (Lipinski definition) is 0. The normalized spacial score (nSPS) is 21.0. The molecule has 51 heavy (non-hydrogen) atoms. The minimum absolute atomic E-state index is 0.0959. The number of amidine groups is 1. The Hall–Kier alpha value is -5.18. The van der Waals surface area contributed by atoms with E-state index in [1.165, 1.54) is 24.3 Å². The third kappa shape index (κ3) is 5.72. The first kappa shape index (κ1) is 35.6. The lowest BCUT2D eigenvalue weighted by Gasteiger charge is -2.41. The number of para-hydroxylation sites is 1. The molecule has 0 radical (unpaired) electrons. The number of esters is 3. The molecule has 268 valence electrons. The van der Waals surface area contributed by atoms with Crippen molar-refractivity contribution in [2.24, 2.45) is 4.99 Å². The molecular formula is C36H34F3N3O8S. The number of carbonyl (C=O) groups excluding carboxylic acids is 3. The number of rotatable bonds is 9. The number of halogens is 3. The van der Waals surface area contributed by atoms with E-state index < -0.39 is 62.9 Å². The van der Waals surface area contributed by atoms with Crippen LogP contribution in [0.1, 0.15) is 42.5 Å². The number of sulfonamides is 1. The van der Waals surface area contributed by atoms with Crippen LogP contribution in [0.5, 0.6) is 0 Å². The molecule has 3 heterocycles. The van der Waals surface area contributed by atoms with Crippen molar-refractivity contribution in [2.45, 2.75) is 62.3 Å². The van der Waals surface area contributed by atoms with Crippen molar-refractivity contribution in [3.8, 4) is 0 Å². The van der Waals surface area contributed by atoms with Crippen molar-refractivity contribution in [3.63, 3.8) is 0 Å². The van der Waals surface area contributed by atoms with E-state index in [9.17, 15) is 36.0 Å². The number of aryl methyl sites for hydroxylation is 1. The molecule has 3 atom stereocenters. The SMILES string of the molecule is CCOC(=O)C1=C(C(=O)OCC)C2N(Cc3ccc(C(F)(F)F)cc3)c3ccccc3[C@@]23C[C@@H](C(=O)OC)N(S(=O)(=O)c2ccccc2C)C3=N1. The summed E-state index contributed by atoms with van der Waals surface area (Å²) in [4.78, 5) is 47.6. The van der Waals surface area contributed by atoms with Gasteiger partial charge in [0, 0.05) is 12.2 Å². The van der Waals surface area contributed by atoms with E-state index in [0.29, 0.717) is 22.4 Å². The highest BCUT2D eigenvalue weighted by molar-refractivity contribution is 7.89. The molecule has 3 aliphatic rings. The number of hydrogen-bond acceptors (Lipinski definition) is 10. The molecule has 0 N–H and O–H groups in total. The van der Waals surface area contributed by atoms with Crippen LogP contribution < -0.4 is 4.90 Å². The highest BCUT2D eigenvalue weighted by Gasteiger charge is 2.69. The van der Waals surface area contributed by atoms with Crippen LogP contribution in [0.3, 0.4) is 0 Å². The molecule has 3 aromatic carbocycles. The van der Waals surface area contributed by atoms with Crippen LogP contribution in [0.25, 0.3) is 0 Å². The maximum absolute atomic E-state index is 14.8. The summed E-state index contributed by atoms with van der Waals surface area (Å²) in [5.41, 5.74) is -1.49. The second-order valence-electron chi connectivity index (χ2n) is 12.2. The lowest BCUT2D eigenvalue weighted by Crippen LogP contribution is -2.55. The number of methoxy groups -OCH3 is 1. The summed E-state index contributed by atoms with van der Waals surface area (Å²) >= 11 is 0. The van der Waals surface area contributed by atoms with Crippen LogP contribution in [0.2, 0.25) is 0 Å². The Morgan fingerprint density at radius 1 is 0.922 bits per heavy atom. The van der Waals surface area contributed by atoms with Gasteiger partial charge in [0.1, 0.15) is 11.9 Å². The first-order chi connectivity index (χ1) is 24.2. The third-order valence-corrected chi connectivity index (χ3v) is 11.3. The maximum atomic E-state index is 14.8. The molecule has 0 aliphatic carbocycles. The van der Waals surface area contributed by atoms with E-state index in [2.05, 4.69) is 4.99 Å². The molecule has 0 aromatic heterocycles. The molecule has 0 amide bonds. The molecule has 11 nitrogen and oxygen atoms in total. The summed E-state index contributed by atoms with van der Waals surface area (Å²) in [6.07, 6.45) is -4.85. The summed E-state index contributed by atoms with van der Waals surface area (Å²) in [6.45, 7) is 4.39. The number of nitrogens with zero attached hydrogens (tertiary/aromatic N) is 3. The molecular weight excluding hydrogens is 691 g/mol. The van der Waals surface area contributed by atoms with Gasteiger partial charge in [0.15, 0.2) is 5.70 Å². The molecule has 3 aromatic rings. The lowest BCUT2D eigenvalue weighted by molar-refractivity contribution is -0.144. The van der Waals surface area contributed by atoms with Gasteiger partial charge in [-0.05, 0) is 68.1 Å². The minimum Gasteiger partial charge on any atom is -0.467 e. The Morgan fingerprint density at radius 2 is 1.55 bits per heavy atom.